The van der Waals surface area contributed by atoms with Gasteiger partial charge in [-0.2, -0.15) is 0 Å². The summed E-state index contributed by atoms with van der Waals surface area (Å²) in [6.07, 6.45) is 2.29. The topological polar surface area (TPSA) is 43.8 Å². The molecule has 0 saturated carbocycles. The largest absolute Gasteiger partial charge is 0.478 e. The molecule has 0 spiro atoms. The predicted molar refractivity (Wildman–Crippen MR) is 72.3 cm³/mol. The minimum absolute atomic E-state index is 0.400. The number of likely N-dealkylation sites (N-methyl/N-ethyl adjacent to an activating group) is 1. The van der Waals surface area contributed by atoms with E-state index in [1.54, 1.807) is 12.1 Å². The van der Waals surface area contributed by atoms with Gasteiger partial charge in [-0.25, -0.2) is 4.79 Å². The third kappa shape index (κ3) is 2.64. The summed E-state index contributed by atoms with van der Waals surface area (Å²) in [4.78, 5) is 15.7. The van der Waals surface area contributed by atoms with Crippen LogP contribution in [0, 0.1) is 0 Å². The standard InChI is InChI=1S/C14H20N2O2/c1-15(2)11-6-5-9-16(10-11)13-8-4-3-7-12(13)14(17)18/h3-4,7-8,11H,5-6,9-10H2,1-2H3,(H,17,18). The molecule has 1 N–H and O–H groups in total. The van der Waals surface area contributed by atoms with Gasteiger partial charge in [-0.1, -0.05) is 12.1 Å². The third-order valence-electron chi connectivity index (χ3n) is 3.60. The van der Waals surface area contributed by atoms with E-state index in [-0.39, 0.29) is 0 Å². The number of carboxylic acid groups (broad SMARTS) is 1. The van der Waals surface area contributed by atoms with Gasteiger partial charge in [0.1, 0.15) is 0 Å². The Bertz CT molecular complexity index is 432. The van der Waals surface area contributed by atoms with Gasteiger partial charge in [-0.15, -0.1) is 0 Å². The van der Waals surface area contributed by atoms with Crippen molar-refractivity contribution in [3.8, 4) is 0 Å². The second-order valence-electron chi connectivity index (χ2n) is 5.03. The number of carboxylic acids is 1. The minimum atomic E-state index is -0.849. The highest BCUT2D eigenvalue weighted by Gasteiger charge is 2.24. The van der Waals surface area contributed by atoms with Gasteiger partial charge in [0.25, 0.3) is 0 Å². The lowest BCUT2D eigenvalue weighted by Gasteiger charge is -2.38. The quantitative estimate of drug-likeness (QED) is 0.887. The van der Waals surface area contributed by atoms with E-state index in [1.807, 2.05) is 12.1 Å². The molecule has 1 unspecified atom stereocenters. The number of nitrogens with zero attached hydrogens (tertiary/aromatic N) is 2. The zero-order chi connectivity index (χ0) is 13.1. The third-order valence-corrected chi connectivity index (χ3v) is 3.60. The number of piperidine rings is 1. The van der Waals surface area contributed by atoms with Crippen LogP contribution in [0.2, 0.25) is 0 Å². The van der Waals surface area contributed by atoms with Crippen LogP contribution in [-0.4, -0.2) is 49.2 Å². The summed E-state index contributed by atoms with van der Waals surface area (Å²) < 4.78 is 0. The predicted octanol–water partition coefficient (Wildman–Crippen LogP) is 1.92. The number of para-hydroxylation sites is 1. The molecule has 1 saturated heterocycles. The lowest BCUT2D eigenvalue weighted by Crippen LogP contribution is -2.45. The van der Waals surface area contributed by atoms with Crippen molar-refractivity contribution in [1.29, 1.82) is 0 Å². The van der Waals surface area contributed by atoms with E-state index in [1.165, 1.54) is 6.42 Å². The smallest absolute Gasteiger partial charge is 0.337 e. The lowest BCUT2D eigenvalue weighted by molar-refractivity contribution is 0.0697. The second kappa shape index (κ2) is 5.40. The highest BCUT2D eigenvalue weighted by atomic mass is 16.4. The number of benzene rings is 1. The molecular formula is C14H20N2O2. The molecule has 1 aliphatic heterocycles. The van der Waals surface area contributed by atoms with Crippen LogP contribution in [0.5, 0.6) is 0 Å². The maximum absolute atomic E-state index is 11.2. The Balaban J connectivity index is 2.23. The van der Waals surface area contributed by atoms with Gasteiger partial charge < -0.3 is 14.9 Å². The van der Waals surface area contributed by atoms with Crippen molar-refractivity contribution in [2.45, 2.75) is 18.9 Å². The van der Waals surface area contributed by atoms with Gasteiger partial charge in [0.05, 0.1) is 11.3 Å². The fourth-order valence-electron chi connectivity index (χ4n) is 2.53. The summed E-state index contributed by atoms with van der Waals surface area (Å²) in [7, 11) is 4.16. The van der Waals surface area contributed by atoms with Crippen molar-refractivity contribution in [1.82, 2.24) is 4.90 Å². The summed E-state index contributed by atoms with van der Waals surface area (Å²) in [6.45, 7) is 1.84. The van der Waals surface area contributed by atoms with Crippen molar-refractivity contribution in [2.24, 2.45) is 0 Å². The minimum Gasteiger partial charge on any atom is -0.478 e. The van der Waals surface area contributed by atoms with E-state index >= 15 is 0 Å². The maximum Gasteiger partial charge on any atom is 0.337 e. The van der Waals surface area contributed by atoms with Crippen LogP contribution in [-0.2, 0) is 0 Å². The van der Waals surface area contributed by atoms with Crippen LogP contribution in [0.3, 0.4) is 0 Å². The molecule has 98 valence electrons. The van der Waals surface area contributed by atoms with Crippen molar-refractivity contribution in [3.05, 3.63) is 29.8 Å². The molecule has 1 heterocycles. The molecule has 0 amide bonds. The van der Waals surface area contributed by atoms with Crippen molar-refractivity contribution in [3.63, 3.8) is 0 Å². The molecule has 0 aromatic heterocycles. The molecule has 18 heavy (non-hydrogen) atoms. The van der Waals surface area contributed by atoms with Crippen LogP contribution in [0.1, 0.15) is 23.2 Å². The normalized spacial score (nSPS) is 20.2. The number of carbonyl (C=O) groups is 1. The number of hydrogen-bond acceptors (Lipinski definition) is 3. The van der Waals surface area contributed by atoms with Crippen LogP contribution in [0.25, 0.3) is 0 Å². The molecule has 1 aromatic carbocycles. The van der Waals surface area contributed by atoms with Gasteiger partial charge in [0.2, 0.25) is 0 Å². The summed E-state index contributed by atoms with van der Waals surface area (Å²) in [5, 5.41) is 9.23. The first-order chi connectivity index (χ1) is 8.59. The first-order valence-corrected chi connectivity index (χ1v) is 6.33. The van der Waals surface area contributed by atoms with E-state index in [2.05, 4.69) is 23.9 Å². The highest BCUT2D eigenvalue weighted by molar-refractivity contribution is 5.94. The maximum atomic E-state index is 11.2. The number of aromatic carboxylic acids is 1. The van der Waals surface area contributed by atoms with Crippen LogP contribution < -0.4 is 4.90 Å². The zero-order valence-corrected chi connectivity index (χ0v) is 11.0. The highest BCUT2D eigenvalue weighted by Crippen LogP contribution is 2.25. The van der Waals surface area contributed by atoms with Gasteiger partial charge in [-0.3, -0.25) is 0 Å². The van der Waals surface area contributed by atoms with Crippen molar-refractivity contribution < 1.29 is 9.90 Å². The van der Waals surface area contributed by atoms with E-state index in [4.69, 9.17) is 0 Å². The number of rotatable bonds is 3. The summed E-state index contributed by atoms with van der Waals surface area (Å²) in [5.41, 5.74) is 1.24. The summed E-state index contributed by atoms with van der Waals surface area (Å²) >= 11 is 0. The number of anilines is 1. The number of hydrogen-bond donors (Lipinski definition) is 1. The van der Waals surface area contributed by atoms with E-state index in [9.17, 15) is 9.90 Å². The van der Waals surface area contributed by atoms with Crippen LogP contribution >= 0.6 is 0 Å². The van der Waals surface area contributed by atoms with Gasteiger partial charge in [0, 0.05) is 19.1 Å². The second-order valence-corrected chi connectivity index (χ2v) is 5.03. The molecule has 0 radical (unpaired) electrons. The molecule has 2 rings (SSSR count). The zero-order valence-electron chi connectivity index (χ0n) is 11.0. The average molecular weight is 248 g/mol. The molecule has 1 aliphatic rings. The average Bonchev–Trinajstić information content (AvgIpc) is 2.39. The SMILES string of the molecule is CN(C)C1CCCN(c2ccccc2C(=O)O)C1. The van der Waals surface area contributed by atoms with E-state index in [0.717, 1.165) is 25.2 Å². The summed E-state index contributed by atoms with van der Waals surface area (Å²) in [5.74, 6) is -0.849. The fraction of sp³-hybridized carbons (Fsp3) is 0.500. The molecule has 1 atom stereocenters. The Labute approximate surface area is 108 Å². The van der Waals surface area contributed by atoms with Crippen LogP contribution in [0.15, 0.2) is 24.3 Å². The molecule has 4 nitrogen and oxygen atoms in total. The lowest BCUT2D eigenvalue weighted by atomic mass is 10.0. The van der Waals surface area contributed by atoms with Gasteiger partial charge in [0.15, 0.2) is 0 Å². The van der Waals surface area contributed by atoms with E-state index < -0.39 is 5.97 Å². The first kappa shape index (κ1) is 12.9. The van der Waals surface area contributed by atoms with Gasteiger partial charge in [-0.05, 0) is 39.1 Å². The molecule has 0 bridgehead atoms. The molecule has 4 heteroatoms. The fourth-order valence-corrected chi connectivity index (χ4v) is 2.53. The van der Waals surface area contributed by atoms with Crippen molar-refractivity contribution in [2.75, 3.05) is 32.1 Å². The van der Waals surface area contributed by atoms with E-state index in [0.29, 0.717) is 11.6 Å². The Morgan fingerprint density at radius 3 is 2.78 bits per heavy atom. The monoisotopic (exact) mass is 248 g/mol. The molecule has 1 aromatic rings. The van der Waals surface area contributed by atoms with Crippen LogP contribution in [0.4, 0.5) is 5.69 Å². The Kier molecular flexibility index (Phi) is 3.87. The molecule has 1 fully saturated rings. The first-order valence-electron chi connectivity index (χ1n) is 6.33. The van der Waals surface area contributed by atoms with Crippen molar-refractivity contribution >= 4 is 11.7 Å². The summed E-state index contributed by atoms with van der Waals surface area (Å²) in [6, 6.07) is 7.76. The molecular weight excluding hydrogens is 228 g/mol. The molecule has 0 aliphatic carbocycles. The Morgan fingerprint density at radius 2 is 2.11 bits per heavy atom. The Hall–Kier alpha value is -1.55. The van der Waals surface area contributed by atoms with Gasteiger partial charge >= 0.3 is 5.97 Å². The Morgan fingerprint density at radius 1 is 1.39 bits per heavy atom.